The molecule has 110 valence electrons. The molecule has 1 amide bonds. The monoisotopic (exact) mass is 291 g/mol. The van der Waals surface area contributed by atoms with Gasteiger partial charge in [0, 0.05) is 17.4 Å². The van der Waals surface area contributed by atoms with Crippen molar-refractivity contribution >= 4 is 21.6 Å². The first-order valence-corrected chi connectivity index (χ1v) is 8.09. The van der Waals surface area contributed by atoms with Gasteiger partial charge in [0.1, 0.15) is 12.2 Å². The van der Waals surface area contributed by atoms with E-state index < -0.39 is 28.0 Å². The van der Waals surface area contributed by atoms with Gasteiger partial charge in [-0.3, -0.25) is 4.79 Å². The lowest BCUT2D eigenvalue weighted by molar-refractivity contribution is -0.125. The highest BCUT2D eigenvalue weighted by Crippen LogP contribution is 2.22. The van der Waals surface area contributed by atoms with Gasteiger partial charge in [0.25, 0.3) is 0 Å². The zero-order valence-electron chi connectivity index (χ0n) is 11.5. The second-order valence-corrected chi connectivity index (χ2v) is 8.20. The SMILES string of the molecule is CC(C)(C)OC(=O)N=S1(=O)CCC(C(=O)CO)CC1. The highest BCUT2D eigenvalue weighted by atomic mass is 32.2. The van der Waals surface area contributed by atoms with E-state index >= 15 is 0 Å². The molecule has 1 fully saturated rings. The molecule has 0 aliphatic carbocycles. The average Bonchev–Trinajstić information content (AvgIpc) is 2.25. The number of Topliss-reactive ketones (excluding diaryl/α,β-unsaturated/α-hetero) is 1. The molecule has 0 atom stereocenters. The Morgan fingerprint density at radius 2 is 1.84 bits per heavy atom. The summed E-state index contributed by atoms with van der Waals surface area (Å²) in [7, 11) is -2.62. The summed E-state index contributed by atoms with van der Waals surface area (Å²) in [6, 6.07) is 0. The molecule has 1 rings (SSSR count). The van der Waals surface area contributed by atoms with Gasteiger partial charge in [0.15, 0.2) is 5.78 Å². The summed E-state index contributed by atoms with van der Waals surface area (Å²) < 4.78 is 21.0. The molecule has 0 radical (unpaired) electrons. The lowest BCUT2D eigenvalue weighted by Crippen LogP contribution is -2.31. The Labute approximate surface area is 113 Å². The predicted molar refractivity (Wildman–Crippen MR) is 71.4 cm³/mol. The quantitative estimate of drug-likeness (QED) is 0.829. The molecule has 0 saturated carbocycles. The summed E-state index contributed by atoms with van der Waals surface area (Å²) in [5.41, 5.74) is -0.666. The fraction of sp³-hybridized carbons (Fsp3) is 0.833. The zero-order chi connectivity index (χ0) is 14.7. The number of amides is 1. The molecule has 0 unspecified atom stereocenters. The number of aliphatic hydroxyl groups excluding tert-OH is 1. The fourth-order valence-electron chi connectivity index (χ4n) is 1.86. The van der Waals surface area contributed by atoms with Gasteiger partial charge in [-0.05, 0) is 33.6 Å². The number of carbonyl (C=O) groups is 2. The molecular formula is C12H21NO5S. The second-order valence-electron chi connectivity index (χ2n) is 5.65. The van der Waals surface area contributed by atoms with Crippen LogP contribution in [0.25, 0.3) is 0 Å². The first-order chi connectivity index (χ1) is 8.65. The van der Waals surface area contributed by atoms with E-state index in [0.29, 0.717) is 12.8 Å². The summed E-state index contributed by atoms with van der Waals surface area (Å²) in [6.45, 7) is 4.65. The van der Waals surface area contributed by atoms with E-state index in [1.807, 2.05) is 0 Å². The first-order valence-electron chi connectivity index (χ1n) is 6.24. The summed E-state index contributed by atoms with van der Waals surface area (Å²) in [5, 5.41) is 8.77. The number of aliphatic hydroxyl groups is 1. The molecule has 1 aliphatic rings. The standard InChI is InChI=1S/C12H21NO5S/c1-12(2,3)18-11(16)13-19(17)6-4-9(5-7-19)10(15)8-14/h9,14H,4-8H2,1-3H3. The summed E-state index contributed by atoms with van der Waals surface area (Å²) in [5.74, 6) is -0.113. The van der Waals surface area contributed by atoms with Crippen LogP contribution in [0.15, 0.2) is 4.36 Å². The normalized spacial score (nSPS) is 27.7. The van der Waals surface area contributed by atoms with E-state index in [0.717, 1.165) is 0 Å². The topological polar surface area (TPSA) is 93.0 Å². The van der Waals surface area contributed by atoms with E-state index in [9.17, 15) is 13.8 Å². The minimum absolute atomic E-state index is 0.197. The molecule has 0 aromatic heterocycles. The molecule has 6 nitrogen and oxygen atoms in total. The van der Waals surface area contributed by atoms with Crippen LogP contribution in [0.4, 0.5) is 4.79 Å². The van der Waals surface area contributed by atoms with Gasteiger partial charge < -0.3 is 9.84 Å². The van der Waals surface area contributed by atoms with Crippen LogP contribution in [0.2, 0.25) is 0 Å². The Bertz CT molecular complexity index is 457. The van der Waals surface area contributed by atoms with Crippen molar-refractivity contribution in [3.05, 3.63) is 0 Å². The number of nitrogens with zero attached hydrogens (tertiary/aromatic N) is 1. The van der Waals surface area contributed by atoms with Crippen LogP contribution in [0.3, 0.4) is 0 Å². The average molecular weight is 291 g/mol. The molecule has 1 heterocycles. The zero-order valence-corrected chi connectivity index (χ0v) is 12.4. The Balaban J connectivity index is 2.68. The molecular weight excluding hydrogens is 270 g/mol. The minimum atomic E-state index is -2.62. The second kappa shape index (κ2) is 6.00. The van der Waals surface area contributed by atoms with Gasteiger partial charge in [0.2, 0.25) is 0 Å². The van der Waals surface area contributed by atoms with Crippen molar-refractivity contribution in [3.8, 4) is 0 Å². The summed E-state index contributed by atoms with van der Waals surface area (Å²) in [4.78, 5) is 22.9. The van der Waals surface area contributed by atoms with E-state index in [4.69, 9.17) is 9.84 Å². The highest BCUT2D eigenvalue weighted by Gasteiger charge is 2.28. The molecule has 7 heteroatoms. The third-order valence-corrected chi connectivity index (χ3v) is 5.05. The Morgan fingerprint density at radius 1 is 1.32 bits per heavy atom. The third-order valence-electron chi connectivity index (χ3n) is 2.82. The minimum Gasteiger partial charge on any atom is -0.442 e. The van der Waals surface area contributed by atoms with Crippen molar-refractivity contribution in [2.24, 2.45) is 10.3 Å². The van der Waals surface area contributed by atoms with Gasteiger partial charge in [-0.1, -0.05) is 0 Å². The molecule has 1 N–H and O–H groups in total. The van der Waals surface area contributed by atoms with E-state index in [1.54, 1.807) is 20.8 Å². The van der Waals surface area contributed by atoms with Crippen LogP contribution in [0.5, 0.6) is 0 Å². The van der Waals surface area contributed by atoms with Gasteiger partial charge in [-0.15, -0.1) is 4.36 Å². The molecule has 0 aromatic rings. The Morgan fingerprint density at radius 3 is 2.26 bits per heavy atom. The number of ether oxygens (including phenoxy) is 1. The van der Waals surface area contributed by atoms with Crippen molar-refractivity contribution in [2.75, 3.05) is 18.1 Å². The molecule has 0 bridgehead atoms. The van der Waals surface area contributed by atoms with Gasteiger partial charge >= 0.3 is 6.09 Å². The van der Waals surface area contributed by atoms with Crippen LogP contribution < -0.4 is 0 Å². The van der Waals surface area contributed by atoms with Crippen LogP contribution in [-0.4, -0.2) is 44.9 Å². The summed E-state index contributed by atoms with van der Waals surface area (Å²) >= 11 is 0. The van der Waals surface area contributed by atoms with Crippen LogP contribution >= 0.6 is 0 Å². The molecule has 1 saturated heterocycles. The fourth-order valence-corrected chi connectivity index (χ4v) is 3.86. The van der Waals surface area contributed by atoms with Crippen LogP contribution in [0.1, 0.15) is 33.6 Å². The lowest BCUT2D eigenvalue weighted by atomic mass is 9.98. The predicted octanol–water partition coefficient (Wildman–Crippen LogP) is 1.36. The maximum absolute atomic E-state index is 12.3. The number of ketones is 1. The van der Waals surface area contributed by atoms with E-state index in [-0.39, 0.29) is 23.2 Å². The van der Waals surface area contributed by atoms with Crippen molar-refractivity contribution in [1.82, 2.24) is 0 Å². The molecule has 0 spiro atoms. The van der Waals surface area contributed by atoms with Crippen LogP contribution in [-0.2, 0) is 19.3 Å². The van der Waals surface area contributed by atoms with Gasteiger partial charge in [-0.25, -0.2) is 9.00 Å². The van der Waals surface area contributed by atoms with E-state index in [1.165, 1.54) is 0 Å². The highest BCUT2D eigenvalue weighted by molar-refractivity contribution is 7.93. The van der Waals surface area contributed by atoms with E-state index in [2.05, 4.69) is 4.36 Å². The summed E-state index contributed by atoms with van der Waals surface area (Å²) in [6.07, 6.45) is -0.0286. The Hall–Kier alpha value is -0.950. The number of carbonyl (C=O) groups excluding carboxylic acids is 2. The van der Waals surface area contributed by atoms with Gasteiger partial charge in [0.05, 0.1) is 9.73 Å². The van der Waals surface area contributed by atoms with Gasteiger partial charge in [-0.2, -0.15) is 0 Å². The first kappa shape index (κ1) is 16.1. The van der Waals surface area contributed by atoms with Crippen molar-refractivity contribution < 1.29 is 23.6 Å². The number of rotatable bonds is 2. The van der Waals surface area contributed by atoms with Crippen molar-refractivity contribution in [2.45, 2.75) is 39.2 Å². The maximum atomic E-state index is 12.3. The maximum Gasteiger partial charge on any atom is 0.442 e. The molecule has 1 aliphatic heterocycles. The van der Waals surface area contributed by atoms with Crippen molar-refractivity contribution in [1.29, 1.82) is 0 Å². The Kier molecular flexibility index (Phi) is 5.09. The largest absolute Gasteiger partial charge is 0.442 e. The smallest absolute Gasteiger partial charge is 0.442 e. The molecule has 0 aromatic carbocycles. The van der Waals surface area contributed by atoms with Crippen molar-refractivity contribution in [3.63, 3.8) is 0 Å². The third kappa shape index (κ3) is 5.28. The van der Waals surface area contributed by atoms with Crippen LogP contribution in [0, 0.1) is 5.92 Å². The lowest BCUT2D eigenvalue weighted by Gasteiger charge is -2.23. The number of hydrogen-bond acceptors (Lipinski definition) is 5. The molecule has 19 heavy (non-hydrogen) atoms. The number of hydrogen-bond donors (Lipinski definition) is 1.